The lowest BCUT2D eigenvalue weighted by Gasteiger charge is -1.98. The largest absolute Gasteiger partial charge is 0.505 e. The van der Waals surface area contributed by atoms with Gasteiger partial charge in [-0.15, -0.1) is 0 Å². The molecule has 2 aromatic rings. The predicted octanol–water partition coefficient (Wildman–Crippen LogP) is 4.08. The third kappa shape index (κ3) is 3.55. The van der Waals surface area contributed by atoms with E-state index in [2.05, 4.69) is 10.3 Å². The van der Waals surface area contributed by atoms with E-state index in [-0.39, 0.29) is 5.91 Å². The van der Waals surface area contributed by atoms with Crippen molar-refractivity contribution in [3.8, 4) is 5.75 Å². The Hall–Kier alpha value is -2.31. The molecule has 0 radical (unpaired) electrons. The van der Waals surface area contributed by atoms with E-state index in [0.717, 1.165) is 17.8 Å². The summed E-state index contributed by atoms with van der Waals surface area (Å²) < 4.78 is 13.3. The molecule has 0 spiro atoms. The Kier molecular flexibility index (Phi) is 4.36. The van der Waals surface area contributed by atoms with Crippen LogP contribution in [0, 0.1) is 5.82 Å². The Morgan fingerprint density at radius 1 is 1.26 bits per heavy atom. The van der Waals surface area contributed by atoms with Crippen LogP contribution in [-0.2, 0) is 4.79 Å². The molecule has 2 N–H and O–H groups in total. The van der Waals surface area contributed by atoms with Gasteiger partial charge in [-0.25, -0.2) is 9.38 Å². The van der Waals surface area contributed by atoms with Crippen molar-refractivity contribution in [3.05, 3.63) is 63.8 Å². The summed E-state index contributed by atoms with van der Waals surface area (Å²) in [4.78, 5) is 16.6. The van der Waals surface area contributed by atoms with Gasteiger partial charge in [0.15, 0.2) is 16.7 Å². The molecule has 0 aliphatic carbocycles. The van der Waals surface area contributed by atoms with Crippen LogP contribution in [0.1, 0.15) is 5.56 Å². The molecule has 1 aliphatic heterocycles. The van der Waals surface area contributed by atoms with Crippen molar-refractivity contribution < 1.29 is 14.3 Å². The minimum atomic E-state index is -0.743. The number of benzene rings is 2. The second-order valence-corrected chi connectivity index (χ2v) is 6.08. The molecule has 2 aromatic carbocycles. The SMILES string of the molecule is O=C1NC(=Nc2ccccc2Cl)SC1=Cc1ccc(O)c(F)c1. The number of carbonyl (C=O) groups is 1. The minimum absolute atomic E-state index is 0.325. The van der Waals surface area contributed by atoms with Crippen LogP contribution in [0.2, 0.25) is 5.02 Å². The van der Waals surface area contributed by atoms with Gasteiger partial charge in [0, 0.05) is 0 Å². The van der Waals surface area contributed by atoms with Crippen LogP contribution >= 0.6 is 23.4 Å². The van der Waals surface area contributed by atoms with Gasteiger partial charge in [0.05, 0.1) is 15.6 Å². The molecule has 1 fully saturated rings. The maximum absolute atomic E-state index is 13.3. The molecule has 1 heterocycles. The number of rotatable bonds is 2. The molecule has 23 heavy (non-hydrogen) atoms. The van der Waals surface area contributed by atoms with Gasteiger partial charge in [-0.1, -0.05) is 29.8 Å². The number of amides is 1. The summed E-state index contributed by atoms with van der Waals surface area (Å²) in [5, 5.41) is 12.7. The van der Waals surface area contributed by atoms with Gasteiger partial charge >= 0.3 is 0 Å². The summed E-state index contributed by atoms with van der Waals surface area (Å²) in [7, 11) is 0. The number of para-hydroxylation sites is 1. The number of halogens is 2. The molecule has 0 bridgehead atoms. The van der Waals surface area contributed by atoms with E-state index in [1.807, 2.05) is 0 Å². The summed E-state index contributed by atoms with van der Waals surface area (Å²) >= 11 is 7.16. The fourth-order valence-electron chi connectivity index (χ4n) is 1.90. The Bertz CT molecular complexity index is 852. The molecule has 0 aromatic heterocycles. The molecule has 1 amide bonds. The van der Waals surface area contributed by atoms with Crippen LogP contribution in [0.15, 0.2) is 52.4 Å². The summed E-state index contributed by atoms with van der Waals surface area (Å²) in [5.41, 5.74) is 1.02. The number of carbonyl (C=O) groups excluding carboxylic acids is 1. The van der Waals surface area contributed by atoms with E-state index in [0.29, 0.717) is 26.3 Å². The molecule has 1 saturated heterocycles. The summed E-state index contributed by atoms with van der Waals surface area (Å²) in [6, 6.07) is 10.9. The maximum Gasteiger partial charge on any atom is 0.264 e. The van der Waals surface area contributed by atoms with E-state index >= 15 is 0 Å². The Labute approximate surface area is 140 Å². The van der Waals surface area contributed by atoms with Gasteiger partial charge in [-0.05, 0) is 47.7 Å². The van der Waals surface area contributed by atoms with Crippen molar-refractivity contribution in [3.63, 3.8) is 0 Å². The summed E-state index contributed by atoms with van der Waals surface area (Å²) in [6.07, 6.45) is 1.53. The smallest absolute Gasteiger partial charge is 0.264 e. The summed E-state index contributed by atoms with van der Waals surface area (Å²) in [6.45, 7) is 0. The van der Waals surface area contributed by atoms with Crippen LogP contribution in [0.25, 0.3) is 6.08 Å². The number of hydrogen-bond acceptors (Lipinski definition) is 4. The maximum atomic E-state index is 13.3. The average molecular weight is 349 g/mol. The number of amidine groups is 1. The third-order valence-corrected chi connectivity index (χ3v) is 4.22. The molecule has 0 atom stereocenters. The van der Waals surface area contributed by atoms with E-state index < -0.39 is 11.6 Å². The van der Waals surface area contributed by atoms with Gasteiger partial charge < -0.3 is 10.4 Å². The van der Waals surface area contributed by atoms with Gasteiger partial charge in [0.25, 0.3) is 5.91 Å². The second kappa shape index (κ2) is 6.44. The van der Waals surface area contributed by atoms with E-state index in [1.165, 1.54) is 18.2 Å². The highest BCUT2D eigenvalue weighted by Gasteiger charge is 2.24. The van der Waals surface area contributed by atoms with E-state index in [9.17, 15) is 14.3 Å². The lowest BCUT2D eigenvalue weighted by Crippen LogP contribution is -2.19. The van der Waals surface area contributed by atoms with Crippen LogP contribution in [-0.4, -0.2) is 16.2 Å². The van der Waals surface area contributed by atoms with Crippen molar-refractivity contribution >= 4 is 46.2 Å². The normalized spacial score (nSPS) is 17.7. The zero-order chi connectivity index (χ0) is 16.4. The molecular weight excluding hydrogens is 339 g/mol. The molecule has 4 nitrogen and oxygen atoms in total. The highest BCUT2D eigenvalue weighted by atomic mass is 35.5. The minimum Gasteiger partial charge on any atom is -0.505 e. The number of thioether (sulfide) groups is 1. The molecule has 7 heteroatoms. The fourth-order valence-corrected chi connectivity index (χ4v) is 2.91. The topological polar surface area (TPSA) is 61.7 Å². The van der Waals surface area contributed by atoms with Crippen molar-refractivity contribution in [1.29, 1.82) is 0 Å². The van der Waals surface area contributed by atoms with Crippen molar-refractivity contribution in [2.24, 2.45) is 4.99 Å². The first-order valence-electron chi connectivity index (χ1n) is 6.55. The fraction of sp³-hybridized carbons (Fsp3) is 0. The quantitative estimate of drug-likeness (QED) is 0.804. The molecule has 0 unspecified atom stereocenters. The third-order valence-electron chi connectivity index (χ3n) is 2.99. The standard InChI is InChI=1S/C16H10ClFN2O2S/c17-10-3-1-2-4-12(10)19-16-20-15(22)14(23-16)8-9-5-6-13(21)11(18)7-9/h1-8,21H,(H,19,20,22). The molecule has 1 aliphatic rings. The van der Waals surface area contributed by atoms with E-state index in [1.54, 1.807) is 24.3 Å². The number of nitrogens with zero attached hydrogens (tertiary/aromatic N) is 1. The zero-order valence-electron chi connectivity index (χ0n) is 11.6. The number of aromatic hydroxyl groups is 1. The van der Waals surface area contributed by atoms with Crippen molar-refractivity contribution in [1.82, 2.24) is 5.32 Å². The van der Waals surface area contributed by atoms with Gasteiger partial charge in [-0.3, -0.25) is 4.79 Å². The number of phenols is 1. The van der Waals surface area contributed by atoms with Crippen LogP contribution < -0.4 is 5.32 Å². The Balaban J connectivity index is 1.86. The first-order chi connectivity index (χ1) is 11.0. The van der Waals surface area contributed by atoms with Crippen molar-refractivity contribution in [2.45, 2.75) is 0 Å². The van der Waals surface area contributed by atoms with E-state index in [4.69, 9.17) is 11.6 Å². The van der Waals surface area contributed by atoms with Crippen LogP contribution in [0.3, 0.4) is 0 Å². The van der Waals surface area contributed by atoms with Crippen molar-refractivity contribution in [2.75, 3.05) is 0 Å². The number of aliphatic imine (C=N–C) groups is 1. The Morgan fingerprint density at radius 3 is 2.78 bits per heavy atom. The van der Waals surface area contributed by atoms with Crippen LogP contribution in [0.5, 0.6) is 5.75 Å². The highest BCUT2D eigenvalue weighted by Crippen LogP contribution is 2.31. The number of phenolic OH excluding ortho intramolecular Hbond substituents is 1. The summed E-state index contributed by atoms with van der Waals surface area (Å²) in [5.74, 6) is -1.50. The molecular formula is C16H10ClFN2O2S. The average Bonchev–Trinajstić information content (AvgIpc) is 2.85. The second-order valence-electron chi connectivity index (χ2n) is 4.64. The molecule has 0 saturated carbocycles. The Morgan fingerprint density at radius 2 is 2.04 bits per heavy atom. The first-order valence-corrected chi connectivity index (χ1v) is 7.75. The van der Waals surface area contributed by atoms with Gasteiger partial charge in [0.1, 0.15) is 0 Å². The molecule has 116 valence electrons. The first kappa shape index (κ1) is 15.6. The van der Waals surface area contributed by atoms with Crippen LogP contribution in [0.4, 0.5) is 10.1 Å². The zero-order valence-corrected chi connectivity index (χ0v) is 13.2. The molecule has 3 rings (SSSR count). The predicted molar refractivity (Wildman–Crippen MR) is 90.3 cm³/mol. The highest BCUT2D eigenvalue weighted by molar-refractivity contribution is 8.18. The van der Waals surface area contributed by atoms with Gasteiger partial charge in [0.2, 0.25) is 0 Å². The van der Waals surface area contributed by atoms with Gasteiger partial charge in [-0.2, -0.15) is 0 Å². The number of nitrogens with one attached hydrogen (secondary N) is 1. The lowest BCUT2D eigenvalue weighted by molar-refractivity contribution is -0.115. The number of hydrogen-bond donors (Lipinski definition) is 2. The monoisotopic (exact) mass is 348 g/mol. The lowest BCUT2D eigenvalue weighted by atomic mass is 10.2.